The number of nitrogens with zero attached hydrogens (tertiary/aromatic N) is 1. The van der Waals surface area contributed by atoms with Crippen LogP contribution >= 0.6 is 0 Å². The van der Waals surface area contributed by atoms with E-state index in [4.69, 9.17) is 9.47 Å². The van der Waals surface area contributed by atoms with E-state index in [-0.39, 0.29) is 17.8 Å². The Balaban J connectivity index is 1.64. The van der Waals surface area contributed by atoms with Gasteiger partial charge in [0.1, 0.15) is 11.9 Å². The first kappa shape index (κ1) is 20.7. The number of nitrogens with one attached hydrogen (secondary N) is 1. The summed E-state index contributed by atoms with van der Waals surface area (Å²) in [5.41, 5.74) is 3.21. The number of rotatable bonds is 5. The number of hydrogen-bond donors (Lipinski definition) is 2. The Kier molecular flexibility index (Phi) is 5.26. The van der Waals surface area contributed by atoms with Gasteiger partial charge in [0.25, 0.3) is 5.91 Å². The van der Waals surface area contributed by atoms with Gasteiger partial charge in [-0.2, -0.15) is 0 Å². The number of phenols is 1. The van der Waals surface area contributed by atoms with Crippen LogP contribution in [0.2, 0.25) is 0 Å². The summed E-state index contributed by atoms with van der Waals surface area (Å²) >= 11 is 0. The van der Waals surface area contributed by atoms with Crippen LogP contribution in [0.5, 0.6) is 17.2 Å². The topological polar surface area (TPSA) is 71.0 Å². The van der Waals surface area contributed by atoms with E-state index in [0.29, 0.717) is 23.7 Å². The summed E-state index contributed by atoms with van der Waals surface area (Å²) in [6, 6.07) is 16.8. The van der Waals surface area contributed by atoms with Crippen LogP contribution in [0.1, 0.15) is 22.8 Å². The van der Waals surface area contributed by atoms with Gasteiger partial charge in [-0.15, -0.1) is 0 Å². The maximum atomic E-state index is 14.0. The first-order valence-electron chi connectivity index (χ1n) is 10.8. The maximum Gasteiger partial charge on any atom is 0.264 e. The van der Waals surface area contributed by atoms with Crippen LogP contribution in [-0.4, -0.2) is 35.8 Å². The van der Waals surface area contributed by atoms with Gasteiger partial charge in [0, 0.05) is 17.3 Å². The number of carbonyl (C=O) groups is 1. The SMILES string of the molecule is CCOc1ccc2ccccc2c1C(=O)N1C=C(c2ccc(O)c(OC)c2)C2=CC=CNC21. The van der Waals surface area contributed by atoms with Crippen molar-refractivity contribution in [3.05, 3.63) is 95.8 Å². The first-order chi connectivity index (χ1) is 16.1. The van der Waals surface area contributed by atoms with Crippen LogP contribution in [0.15, 0.2) is 84.7 Å². The minimum atomic E-state index is -0.356. The van der Waals surface area contributed by atoms with Crippen molar-refractivity contribution in [3.8, 4) is 17.2 Å². The number of aromatic hydroxyl groups is 1. The number of amides is 1. The number of allylic oxidation sites excluding steroid dienone is 2. The molecule has 2 N–H and O–H groups in total. The molecule has 0 bridgehead atoms. The molecule has 6 heteroatoms. The van der Waals surface area contributed by atoms with E-state index in [1.54, 1.807) is 17.0 Å². The lowest BCUT2D eigenvalue weighted by atomic mass is 9.97. The summed E-state index contributed by atoms with van der Waals surface area (Å²) in [6.45, 7) is 2.37. The molecular formula is C27H24N2O4. The number of methoxy groups -OCH3 is 1. The Hall–Kier alpha value is -4.19. The van der Waals surface area contributed by atoms with Crippen molar-refractivity contribution in [1.29, 1.82) is 0 Å². The molecule has 166 valence electrons. The summed E-state index contributed by atoms with van der Waals surface area (Å²) in [6.07, 6.45) is 7.23. The molecule has 0 aromatic heterocycles. The lowest BCUT2D eigenvalue weighted by molar-refractivity contribution is 0.0786. The maximum absolute atomic E-state index is 14.0. The van der Waals surface area contributed by atoms with Crippen LogP contribution in [0.4, 0.5) is 0 Å². The second-order valence-electron chi connectivity index (χ2n) is 7.79. The zero-order valence-electron chi connectivity index (χ0n) is 18.4. The summed E-state index contributed by atoms with van der Waals surface area (Å²) < 4.78 is 11.1. The number of phenolic OH excluding ortho intramolecular Hbond substituents is 1. The van der Waals surface area contributed by atoms with Crippen molar-refractivity contribution in [3.63, 3.8) is 0 Å². The van der Waals surface area contributed by atoms with E-state index in [9.17, 15) is 9.90 Å². The molecule has 3 aromatic carbocycles. The molecular weight excluding hydrogens is 416 g/mol. The standard InChI is InChI=1S/C27H24N2O4/c1-3-33-23-13-11-17-7-4-5-8-19(17)25(23)27(31)29-16-21(20-9-6-14-28-26(20)29)18-10-12-22(30)24(15-18)32-2/h4-16,26,28,30H,3H2,1-2H3. The van der Waals surface area contributed by atoms with Crippen LogP contribution < -0.4 is 14.8 Å². The van der Waals surface area contributed by atoms with E-state index in [2.05, 4.69) is 5.32 Å². The average Bonchev–Trinajstić information content (AvgIpc) is 3.24. The normalized spacial score (nSPS) is 16.7. The molecule has 0 saturated heterocycles. The van der Waals surface area contributed by atoms with Gasteiger partial charge in [-0.25, -0.2) is 0 Å². The van der Waals surface area contributed by atoms with Crippen LogP contribution in [0.25, 0.3) is 16.3 Å². The third-order valence-electron chi connectivity index (χ3n) is 5.91. The van der Waals surface area contributed by atoms with Gasteiger partial charge in [-0.05, 0) is 53.7 Å². The lowest BCUT2D eigenvalue weighted by Gasteiger charge is -2.28. The molecule has 0 fully saturated rings. The van der Waals surface area contributed by atoms with E-state index < -0.39 is 0 Å². The van der Waals surface area contributed by atoms with Gasteiger partial charge in [0.05, 0.1) is 19.3 Å². The highest BCUT2D eigenvalue weighted by atomic mass is 16.5. The Labute approximate surface area is 192 Å². The number of hydrogen-bond acceptors (Lipinski definition) is 5. The number of fused-ring (bicyclic) bond motifs is 2. The highest BCUT2D eigenvalue weighted by Crippen LogP contribution is 2.40. The van der Waals surface area contributed by atoms with Gasteiger partial charge in [0.15, 0.2) is 11.5 Å². The predicted molar refractivity (Wildman–Crippen MR) is 128 cm³/mol. The molecule has 2 aliphatic heterocycles. The fraction of sp³-hybridized carbons (Fsp3) is 0.148. The smallest absolute Gasteiger partial charge is 0.264 e. The highest BCUT2D eigenvalue weighted by molar-refractivity contribution is 6.11. The molecule has 6 nitrogen and oxygen atoms in total. The molecule has 3 aromatic rings. The molecule has 2 heterocycles. The fourth-order valence-corrected chi connectivity index (χ4v) is 4.37. The third kappa shape index (κ3) is 3.49. The van der Waals surface area contributed by atoms with Crippen LogP contribution in [-0.2, 0) is 0 Å². The molecule has 33 heavy (non-hydrogen) atoms. The van der Waals surface area contributed by atoms with Crippen molar-refractivity contribution in [2.45, 2.75) is 13.1 Å². The number of ether oxygens (including phenoxy) is 2. The van der Waals surface area contributed by atoms with Gasteiger partial charge in [-0.1, -0.05) is 42.5 Å². The van der Waals surface area contributed by atoms with E-state index >= 15 is 0 Å². The second kappa shape index (κ2) is 8.39. The van der Waals surface area contributed by atoms with Crippen molar-refractivity contribution in [1.82, 2.24) is 10.2 Å². The lowest BCUT2D eigenvalue weighted by Crippen LogP contribution is -2.43. The highest BCUT2D eigenvalue weighted by Gasteiger charge is 2.36. The van der Waals surface area contributed by atoms with Gasteiger partial charge >= 0.3 is 0 Å². The summed E-state index contributed by atoms with van der Waals surface area (Å²) in [7, 11) is 1.51. The summed E-state index contributed by atoms with van der Waals surface area (Å²) in [5, 5.41) is 15.1. The van der Waals surface area contributed by atoms with E-state index in [1.165, 1.54) is 7.11 Å². The summed E-state index contributed by atoms with van der Waals surface area (Å²) in [4.78, 5) is 15.7. The van der Waals surface area contributed by atoms with Crippen molar-refractivity contribution in [2.75, 3.05) is 13.7 Å². The molecule has 0 saturated carbocycles. The Bertz CT molecular complexity index is 1340. The number of dihydropyridines is 1. The van der Waals surface area contributed by atoms with Gasteiger partial charge in [0.2, 0.25) is 0 Å². The largest absolute Gasteiger partial charge is 0.504 e. The summed E-state index contributed by atoms with van der Waals surface area (Å²) in [5.74, 6) is 0.848. The average molecular weight is 440 g/mol. The molecule has 0 radical (unpaired) electrons. The van der Waals surface area contributed by atoms with Crippen LogP contribution in [0.3, 0.4) is 0 Å². The minimum absolute atomic E-state index is 0.0667. The van der Waals surface area contributed by atoms with Crippen molar-refractivity contribution < 1.29 is 19.4 Å². The zero-order valence-corrected chi connectivity index (χ0v) is 18.4. The Morgan fingerprint density at radius 3 is 2.79 bits per heavy atom. The fourth-order valence-electron chi connectivity index (χ4n) is 4.37. The molecule has 1 unspecified atom stereocenters. The zero-order chi connectivity index (χ0) is 22.9. The van der Waals surface area contributed by atoms with Gasteiger partial charge in [-0.3, -0.25) is 9.69 Å². The van der Waals surface area contributed by atoms with E-state index in [0.717, 1.165) is 27.5 Å². The third-order valence-corrected chi connectivity index (χ3v) is 5.91. The molecule has 5 rings (SSSR count). The van der Waals surface area contributed by atoms with Crippen molar-refractivity contribution in [2.24, 2.45) is 0 Å². The monoisotopic (exact) mass is 440 g/mol. The van der Waals surface area contributed by atoms with Crippen molar-refractivity contribution >= 4 is 22.3 Å². The molecule has 1 atom stereocenters. The molecule has 2 aliphatic rings. The number of benzene rings is 3. The molecule has 1 amide bonds. The predicted octanol–water partition coefficient (Wildman–Crippen LogP) is 4.82. The van der Waals surface area contributed by atoms with E-state index in [1.807, 2.05) is 73.9 Å². The Morgan fingerprint density at radius 1 is 1.12 bits per heavy atom. The quantitative estimate of drug-likeness (QED) is 0.595. The minimum Gasteiger partial charge on any atom is -0.504 e. The molecule has 0 spiro atoms. The molecule has 0 aliphatic carbocycles. The van der Waals surface area contributed by atoms with Crippen LogP contribution in [0, 0.1) is 0 Å². The Morgan fingerprint density at radius 2 is 1.97 bits per heavy atom. The second-order valence-corrected chi connectivity index (χ2v) is 7.79. The first-order valence-corrected chi connectivity index (χ1v) is 10.8. The van der Waals surface area contributed by atoms with Gasteiger partial charge < -0.3 is 19.9 Å². The number of carbonyl (C=O) groups excluding carboxylic acids is 1.